The third-order valence-electron chi connectivity index (χ3n) is 2.79. The van der Waals surface area contributed by atoms with Crippen LogP contribution in [0.15, 0.2) is 24.3 Å². The molecule has 0 fully saturated rings. The van der Waals surface area contributed by atoms with Gasteiger partial charge in [0.05, 0.1) is 12.5 Å². The quantitative estimate of drug-likeness (QED) is 0.749. The highest BCUT2D eigenvalue weighted by Gasteiger charge is 2.24. The molecule has 0 bridgehead atoms. The average molecular weight is 255 g/mol. The van der Waals surface area contributed by atoms with Crippen LogP contribution in [-0.2, 0) is 16.0 Å². The largest absolute Gasteiger partial charge is 0.466 e. The molecular formula is C14H19ClO2. The lowest BCUT2D eigenvalue weighted by Gasteiger charge is -2.19. The minimum Gasteiger partial charge on any atom is -0.466 e. The molecule has 2 nitrogen and oxygen atoms in total. The molecule has 0 aliphatic carbocycles. The number of rotatable bonds is 5. The minimum absolute atomic E-state index is 0.130. The van der Waals surface area contributed by atoms with Crippen molar-refractivity contribution in [2.75, 3.05) is 6.61 Å². The van der Waals surface area contributed by atoms with Gasteiger partial charge in [0.15, 0.2) is 0 Å². The van der Waals surface area contributed by atoms with E-state index < -0.39 is 0 Å². The number of ether oxygens (including phenoxy) is 1. The van der Waals surface area contributed by atoms with Crippen LogP contribution >= 0.6 is 11.6 Å². The monoisotopic (exact) mass is 254 g/mol. The molecule has 1 aromatic carbocycles. The zero-order chi connectivity index (χ0) is 12.8. The third-order valence-corrected chi connectivity index (χ3v) is 3.16. The highest BCUT2D eigenvalue weighted by atomic mass is 35.5. The van der Waals surface area contributed by atoms with Crippen molar-refractivity contribution in [2.45, 2.75) is 27.2 Å². The van der Waals surface area contributed by atoms with Gasteiger partial charge in [-0.05, 0) is 30.9 Å². The molecule has 0 aromatic heterocycles. The van der Waals surface area contributed by atoms with Crippen LogP contribution in [0.25, 0.3) is 0 Å². The molecule has 0 N–H and O–H groups in total. The van der Waals surface area contributed by atoms with Crippen molar-refractivity contribution in [1.29, 1.82) is 0 Å². The smallest absolute Gasteiger partial charge is 0.309 e. The van der Waals surface area contributed by atoms with E-state index in [1.54, 1.807) is 0 Å². The Bertz CT molecular complexity index is 374. The Morgan fingerprint density at radius 2 is 2.00 bits per heavy atom. The van der Waals surface area contributed by atoms with Gasteiger partial charge in [-0.1, -0.05) is 43.6 Å². The van der Waals surface area contributed by atoms with E-state index in [4.69, 9.17) is 16.3 Å². The molecule has 17 heavy (non-hydrogen) atoms. The van der Waals surface area contributed by atoms with E-state index in [2.05, 4.69) is 0 Å². The normalized spacial score (nSPS) is 12.5. The van der Waals surface area contributed by atoms with Crippen molar-refractivity contribution in [3.05, 3.63) is 34.9 Å². The van der Waals surface area contributed by atoms with Gasteiger partial charge in [-0.15, -0.1) is 0 Å². The molecule has 1 rings (SSSR count). The van der Waals surface area contributed by atoms with E-state index in [1.807, 2.05) is 45.0 Å². The average Bonchev–Trinajstić information content (AvgIpc) is 2.27. The molecule has 0 saturated carbocycles. The first kappa shape index (κ1) is 14.0. The second-order valence-corrected chi connectivity index (χ2v) is 4.81. The lowest BCUT2D eigenvalue weighted by atomic mass is 9.89. The van der Waals surface area contributed by atoms with Crippen molar-refractivity contribution in [3.63, 3.8) is 0 Å². The second kappa shape index (κ2) is 6.65. The predicted octanol–water partition coefficient (Wildman–Crippen LogP) is 3.72. The summed E-state index contributed by atoms with van der Waals surface area (Å²) >= 11 is 6.10. The molecule has 94 valence electrons. The third kappa shape index (κ3) is 4.04. The zero-order valence-electron chi connectivity index (χ0n) is 10.6. The molecule has 1 unspecified atom stereocenters. The van der Waals surface area contributed by atoms with Crippen molar-refractivity contribution in [3.8, 4) is 0 Å². The van der Waals surface area contributed by atoms with E-state index in [9.17, 15) is 4.79 Å². The van der Waals surface area contributed by atoms with Crippen LogP contribution in [0.4, 0.5) is 0 Å². The van der Waals surface area contributed by atoms with Crippen molar-refractivity contribution in [2.24, 2.45) is 11.8 Å². The van der Waals surface area contributed by atoms with Crippen molar-refractivity contribution < 1.29 is 9.53 Å². The number of carbonyl (C=O) groups excluding carboxylic acids is 1. The van der Waals surface area contributed by atoms with Gasteiger partial charge in [0.1, 0.15) is 0 Å². The van der Waals surface area contributed by atoms with E-state index in [0.29, 0.717) is 18.1 Å². The highest BCUT2D eigenvalue weighted by Crippen LogP contribution is 2.23. The fraction of sp³-hybridized carbons (Fsp3) is 0.500. The number of halogens is 1. The molecule has 0 saturated heterocycles. The molecule has 3 heteroatoms. The SMILES string of the molecule is CCOC(=O)C(Cc1ccccc1Cl)C(C)C. The summed E-state index contributed by atoms with van der Waals surface area (Å²) < 4.78 is 5.10. The summed E-state index contributed by atoms with van der Waals surface area (Å²) in [6.07, 6.45) is 0.635. The van der Waals surface area contributed by atoms with Crippen LogP contribution < -0.4 is 0 Å². The van der Waals surface area contributed by atoms with Gasteiger partial charge in [-0.3, -0.25) is 4.79 Å². The predicted molar refractivity (Wildman–Crippen MR) is 70.1 cm³/mol. The fourth-order valence-electron chi connectivity index (χ4n) is 1.74. The van der Waals surface area contributed by atoms with Gasteiger partial charge >= 0.3 is 5.97 Å². The zero-order valence-corrected chi connectivity index (χ0v) is 11.3. The summed E-state index contributed by atoms with van der Waals surface area (Å²) in [6, 6.07) is 7.63. The Morgan fingerprint density at radius 1 is 1.35 bits per heavy atom. The van der Waals surface area contributed by atoms with Crippen LogP contribution in [0.5, 0.6) is 0 Å². The van der Waals surface area contributed by atoms with Gasteiger partial charge in [-0.2, -0.15) is 0 Å². The molecule has 0 aliphatic heterocycles. The van der Waals surface area contributed by atoms with Crippen LogP contribution in [0.1, 0.15) is 26.3 Å². The van der Waals surface area contributed by atoms with E-state index in [1.165, 1.54) is 0 Å². The van der Waals surface area contributed by atoms with Gasteiger partial charge in [0.2, 0.25) is 0 Å². The first-order valence-corrected chi connectivity index (χ1v) is 6.34. The van der Waals surface area contributed by atoms with Crippen molar-refractivity contribution in [1.82, 2.24) is 0 Å². The van der Waals surface area contributed by atoms with Gasteiger partial charge in [-0.25, -0.2) is 0 Å². The molecule has 0 radical (unpaired) electrons. The van der Waals surface area contributed by atoms with Crippen molar-refractivity contribution >= 4 is 17.6 Å². The summed E-state index contributed by atoms with van der Waals surface area (Å²) in [5.74, 6) is -0.0254. The number of esters is 1. The molecular weight excluding hydrogens is 236 g/mol. The Balaban J connectivity index is 2.81. The first-order chi connectivity index (χ1) is 8.06. The Morgan fingerprint density at radius 3 is 2.53 bits per heavy atom. The second-order valence-electron chi connectivity index (χ2n) is 4.40. The van der Waals surface area contributed by atoms with Gasteiger partial charge in [0, 0.05) is 5.02 Å². The molecule has 1 atom stereocenters. The standard InChI is InChI=1S/C14H19ClO2/c1-4-17-14(16)12(10(2)3)9-11-7-5-6-8-13(11)15/h5-8,10,12H,4,9H2,1-3H3. The van der Waals surface area contributed by atoms with Gasteiger partial charge < -0.3 is 4.74 Å². The summed E-state index contributed by atoms with van der Waals surface area (Å²) in [5.41, 5.74) is 1.00. The molecule has 0 amide bonds. The van der Waals surface area contributed by atoms with Gasteiger partial charge in [0.25, 0.3) is 0 Å². The van der Waals surface area contributed by atoms with E-state index >= 15 is 0 Å². The summed E-state index contributed by atoms with van der Waals surface area (Å²) in [7, 11) is 0. The van der Waals surface area contributed by atoms with Crippen LogP contribution in [-0.4, -0.2) is 12.6 Å². The molecule has 1 aromatic rings. The maximum absolute atomic E-state index is 11.8. The summed E-state index contributed by atoms with van der Waals surface area (Å²) in [4.78, 5) is 11.8. The molecule has 0 aliphatic rings. The van der Waals surface area contributed by atoms with Crippen LogP contribution in [0, 0.1) is 11.8 Å². The minimum atomic E-state index is -0.137. The fourth-order valence-corrected chi connectivity index (χ4v) is 1.95. The van der Waals surface area contributed by atoms with E-state index in [0.717, 1.165) is 5.56 Å². The highest BCUT2D eigenvalue weighted by molar-refractivity contribution is 6.31. The summed E-state index contributed by atoms with van der Waals surface area (Å²) in [5, 5.41) is 0.711. The maximum atomic E-state index is 11.8. The summed E-state index contributed by atoms with van der Waals surface area (Å²) in [6.45, 7) is 6.30. The Hall–Kier alpha value is -1.02. The number of benzene rings is 1. The first-order valence-electron chi connectivity index (χ1n) is 5.96. The number of carbonyl (C=O) groups is 1. The van der Waals surface area contributed by atoms with Crippen LogP contribution in [0.2, 0.25) is 5.02 Å². The van der Waals surface area contributed by atoms with E-state index in [-0.39, 0.29) is 17.8 Å². The Kier molecular flexibility index (Phi) is 5.49. The molecule has 0 heterocycles. The Labute approximate surface area is 108 Å². The maximum Gasteiger partial charge on any atom is 0.309 e. The lowest BCUT2D eigenvalue weighted by Crippen LogP contribution is -2.25. The number of hydrogen-bond acceptors (Lipinski definition) is 2. The topological polar surface area (TPSA) is 26.3 Å². The lowest BCUT2D eigenvalue weighted by molar-refractivity contribution is -0.149. The molecule has 0 spiro atoms. The van der Waals surface area contributed by atoms with Crippen LogP contribution in [0.3, 0.4) is 0 Å². The number of hydrogen-bond donors (Lipinski definition) is 0.